The lowest BCUT2D eigenvalue weighted by atomic mass is 9.89. The molecule has 8 heteroatoms. The number of nitrogens with zero attached hydrogens (tertiary/aromatic N) is 1. The number of pyridine rings is 1. The van der Waals surface area contributed by atoms with Crippen molar-refractivity contribution >= 4 is 23.2 Å². The molecule has 6 nitrogen and oxygen atoms in total. The van der Waals surface area contributed by atoms with Gasteiger partial charge in [0.25, 0.3) is 0 Å². The second-order valence-electron chi connectivity index (χ2n) is 7.74. The predicted octanol–water partition coefficient (Wildman–Crippen LogP) is 4.30. The quantitative estimate of drug-likeness (QED) is 0.409. The molecule has 1 amide bonds. The first-order valence-electron chi connectivity index (χ1n) is 10.6. The minimum atomic E-state index is -0.454. The zero-order chi connectivity index (χ0) is 23.8. The maximum atomic E-state index is 14.5. The molecule has 0 spiro atoms. The molecule has 0 bridgehead atoms. The van der Waals surface area contributed by atoms with Crippen molar-refractivity contribution in [1.29, 1.82) is 0 Å². The van der Waals surface area contributed by atoms with Crippen molar-refractivity contribution in [2.24, 2.45) is 5.73 Å². The summed E-state index contributed by atoms with van der Waals surface area (Å²) in [6, 6.07) is 15.0. The highest BCUT2D eigenvalue weighted by Gasteiger charge is 2.20. The molecule has 3 aromatic rings. The smallest absolute Gasteiger partial charge is 0.225 e. The third-order valence-electron chi connectivity index (χ3n) is 5.43. The van der Waals surface area contributed by atoms with Gasteiger partial charge in [-0.2, -0.15) is 0 Å². The fourth-order valence-corrected chi connectivity index (χ4v) is 3.71. The summed E-state index contributed by atoms with van der Waals surface area (Å²) in [7, 11) is 1.54. The molecule has 1 heterocycles. The SMILES string of the molecule is COc1ccc([C@@H](CC(=O)Nc2cccc(F)c2CC[C@H](N)CO)c2ccc(Cl)cc2)cn1. The molecule has 2 atom stereocenters. The first kappa shape index (κ1) is 24.6. The molecule has 0 saturated carbocycles. The normalized spacial score (nSPS) is 12.8. The van der Waals surface area contributed by atoms with E-state index in [2.05, 4.69) is 10.3 Å². The number of carbonyl (C=O) groups is 1. The average Bonchev–Trinajstić information content (AvgIpc) is 2.82. The van der Waals surface area contributed by atoms with Gasteiger partial charge in [-0.15, -0.1) is 0 Å². The summed E-state index contributed by atoms with van der Waals surface area (Å²) < 4.78 is 19.6. The van der Waals surface area contributed by atoms with E-state index < -0.39 is 11.9 Å². The van der Waals surface area contributed by atoms with E-state index >= 15 is 0 Å². The Hall–Kier alpha value is -3.00. The molecule has 174 valence electrons. The van der Waals surface area contributed by atoms with Crippen molar-refractivity contribution < 1.29 is 19.0 Å². The van der Waals surface area contributed by atoms with Gasteiger partial charge in [0.1, 0.15) is 5.82 Å². The Morgan fingerprint density at radius 1 is 1.18 bits per heavy atom. The zero-order valence-electron chi connectivity index (χ0n) is 18.3. The molecule has 0 unspecified atom stereocenters. The van der Waals surface area contributed by atoms with Gasteiger partial charge in [0.05, 0.1) is 13.7 Å². The highest BCUT2D eigenvalue weighted by atomic mass is 35.5. The van der Waals surface area contributed by atoms with Crippen molar-refractivity contribution in [2.75, 3.05) is 19.0 Å². The number of nitrogens with one attached hydrogen (secondary N) is 1. The van der Waals surface area contributed by atoms with Crippen LogP contribution in [0.2, 0.25) is 5.02 Å². The van der Waals surface area contributed by atoms with E-state index in [1.54, 1.807) is 36.5 Å². The molecule has 0 aliphatic heterocycles. The number of amides is 1. The Bertz CT molecular complexity index is 1060. The van der Waals surface area contributed by atoms with Crippen molar-refractivity contribution in [3.8, 4) is 5.88 Å². The molecule has 1 aromatic heterocycles. The number of halogens is 2. The Morgan fingerprint density at radius 3 is 2.55 bits per heavy atom. The third-order valence-corrected chi connectivity index (χ3v) is 5.68. The van der Waals surface area contributed by atoms with Gasteiger partial charge in [-0.05, 0) is 48.2 Å². The van der Waals surface area contributed by atoms with Crippen LogP contribution in [0.5, 0.6) is 5.88 Å². The Morgan fingerprint density at radius 2 is 1.91 bits per heavy atom. The average molecular weight is 472 g/mol. The van der Waals surface area contributed by atoms with Gasteiger partial charge in [-0.3, -0.25) is 4.79 Å². The van der Waals surface area contributed by atoms with E-state index in [0.29, 0.717) is 35.0 Å². The molecular weight excluding hydrogens is 445 g/mol. The molecule has 0 aliphatic rings. The number of rotatable bonds is 10. The summed E-state index contributed by atoms with van der Waals surface area (Å²) in [6.07, 6.45) is 2.48. The summed E-state index contributed by atoms with van der Waals surface area (Å²) in [5, 5.41) is 12.6. The van der Waals surface area contributed by atoms with E-state index in [-0.39, 0.29) is 24.9 Å². The number of benzene rings is 2. The minimum absolute atomic E-state index is 0.113. The van der Waals surface area contributed by atoms with Gasteiger partial charge in [-0.25, -0.2) is 9.37 Å². The third kappa shape index (κ3) is 6.74. The van der Waals surface area contributed by atoms with E-state index in [9.17, 15) is 9.18 Å². The summed E-state index contributed by atoms with van der Waals surface area (Å²) in [5.74, 6) is -0.514. The van der Waals surface area contributed by atoms with Crippen LogP contribution in [-0.4, -0.2) is 35.8 Å². The Kier molecular flexibility index (Phi) is 8.77. The van der Waals surface area contributed by atoms with Crippen molar-refractivity contribution in [3.63, 3.8) is 0 Å². The van der Waals surface area contributed by atoms with E-state index in [4.69, 9.17) is 27.2 Å². The fraction of sp³-hybridized carbons (Fsp3) is 0.280. The number of aliphatic hydroxyl groups is 1. The van der Waals surface area contributed by atoms with E-state index in [1.807, 2.05) is 18.2 Å². The molecule has 0 fully saturated rings. The lowest BCUT2D eigenvalue weighted by Gasteiger charge is -2.19. The number of ether oxygens (including phenoxy) is 1. The van der Waals surface area contributed by atoms with Crippen LogP contribution < -0.4 is 15.8 Å². The van der Waals surface area contributed by atoms with E-state index in [1.165, 1.54) is 13.2 Å². The summed E-state index contributed by atoms with van der Waals surface area (Å²) >= 11 is 6.04. The number of carbonyl (C=O) groups excluding carboxylic acids is 1. The van der Waals surface area contributed by atoms with Crippen LogP contribution in [0.4, 0.5) is 10.1 Å². The number of aliphatic hydroxyl groups excluding tert-OH is 1. The minimum Gasteiger partial charge on any atom is -0.481 e. The van der Waals surface area contributed by atoms with Gasteiger partial charge in [0.2, 0.25) is 11.8 Å². The molecule has 0 saturated heterocycles. The zero-order valence-corrected chi connectivity index (χ0v) is 19.1. The first-order valence-corrected chi connectivity index (χ1v) is 11.0. The van der Waals surface area contributed by atoms with Crippen LogP contribution in [0.3, 0.4) is 0 Å². The highest BCUT2D eigenvalue weighted by Crippen LogP contribution is 2.30. The second kappa shape index (κ2) is 11.7. The van der Waals surface area contributed by atoms with Crippen molar-refractivity contribution in [3.05, 3.63) is 88.3 Å². The summed E-state index contributed by atoms with van der Waals surface area (Å²) in [4.78, 5) is 17.3. The van der Waals surface area contributed by atoms with Gasteiger partial charge < -0.3 is 20.9 Å². The van der Waals surface area contributed by atoms with Crippen molar-refractivity contribution in [1.82, 2.24) is 4.98 Å². The van der Waals surface area contributed by atoms with Crippen LogP contribution in [0.25, 0.3) is 0 Å². The predicted molar refractivity (Wildman–Crippen MR) is 127 cm³/mol. The van der Waals surface area contributed by atoms with Crippen LogP contribution in [-0.2, 0) is 11.2 Å². The van der Waals surface area contributed by atoms with Crippen LogP contribution in [0.1, 0.15) is 35.4 Å². The van der Waals surface area contributed by atoms with Gasteiger partial charge in [0.15, 0.2) is 0 Å². The van der Waals surface area contributed by atoms with Crippen molar-refractivity contribution in [2.45, 2.75) is 31.2 Å². The lowest BCUT2D eigenvalue weighted by molar-refractivity contribution is -0.116. The van der Waals surface area contributed by atoms with Crippen LogP contribution in [0.15, 0.2) is 60.8 Å². The van der Waals surface area contributed by atoms with Crippen LogP contribution >= 0.6 is 11.6 Å². The topological polar surface area (TPSA) is 97.5 Å². The van der Waals surface area contributed by atoms with Gasteiger partial charge in [-0.1, -0.05) is 35.9 Å². The highest BCUT2D eigenvalue weighted by molar-refractivity contribution is 6.30. The van der Waals surface area contributed by atoms with Crippen LogP contribution in [0, 0.1) is 5.82 Å². The maximum Gasteiger partial charge on any atom is 0.225 e. The Balaban J connectivity index is 1.83. The second-order valence-corrected chi connectivity index (χ2v) is 8.17. The number of hydrogen-bond acceptors (Lipinski definition) is 5. The number of anilines is 1. The fourth-order valence-electron chi connectivity index (χ4n) is 3.58. The lowest BCUT2D eigenvalue weighted by Crippen LogP contribution is -2.25. The molecule has 0 aliphatic carbocycles. The first-order chi connectivity index (χ1) is 15.9. The standard InChI is InChI=1S/C25H27ClFN3O3/c1-33-25-12-7-17(14-29-25)21(16-5-8-18(26)9-6-16)13-24(32)30-23-4-2-3-22(27)20(23)11-10-19(28)15-31/h2-9,12,14,19,21,31H,10-11,13,15,28H2,1H3,(H,30,32)/t19-,21-/m0/s1. The number of nitrogens with two attached hydrogens (primary N) is 1. The molecule has 0 radical (unpaired) electrons. The largest absolute Gasteiger partial charge is 0.481 e. The summed E-state index contributed by atoms with van der Waals surface area (Å²) in [5.41, 5.74) is 8.26. The molecule has 2 aromatic carbocycles. The van der Waals surface area contributed by atoms with E-state index in [0.717, 1.165) is 11.1 Å². The molecule has 4 N–H and O–H groups in total. The van der Waals surface area contributed by atoms with Gasteiger partial charge >= 0.3 is 0 Å². The Labute approximate surface area is 197 Å². The molecule has 3 rings (SSSR count). The molecule has 33 heavy (non-hydrogen) atoms. The maximum absolute atomic E-state index is 14.5. The number of aromatic nitrogens is 1. The number of methoxy groups -OCH3 is 1. The molecular formula is C25H27ClFN3O3. The number of hydrogen-bond donors (Lipinski definition) is 3. The monoisotopic (exact) mass is 471 g/mol. The summed E-state index contributed by atoms with van der Waals surface area (Å²) in [6.45, 7) is -0.186. The van der Waals surface area contributed by atoms with Gasteiger partial charge in [0, 0.05) is 46.9 Å².